The monoisotopic (exact) mass is 726 g/mol. The van der Waals surface area contributed by atoms with Crippen molar-refractivity contribution in [2.75, 3.05) is 10.6 Å². The lowest BCUT2D eigenvalue weighted by atomic mass is 10.0. The van der Waals surface area contributed by atoms with Crippen LogP contribution in [0.25, 0.3) is 0 Å². The molecule has 0 saturated heterocycles. The van der Waals surface area contributed by atoms with E-state index < -0.39 is 41.5 Å². The van der Waals surface area contributed by atoms with Crippen LogP contribution in [0.3, 0.4) is 0 Å². The van der Waals surface area contributed by atoms with Crippen molar-refractivity contribution in [2.45, 2.75) is 27.7 Å². The van der Waals surface area contributed by atoms with Gasteiger partial charge in [-0.05, 0) is 82.3 Å². The zero-order valence-corrected chi connectivity index (χ0v) is 29.0. The third-order valence-corrected chi connectivity index (χ3v) is 6.85. The Balaban J connectivity index is 1.99. The van der Waals surface area contributed by atoms with Crippen LogP contribution in [0.1, 0.15) is 70.7 Å². The molecule has 0 aliphatic rings. The number of nitrogens with two attached hydrogens (primary N) is 4. The summed E-state index contributed by atoms with van der Waals surface area (Å²) in [5, 5.41) is 51.0. The summed E-state index contributed by atoms with van der Waals surface area (Å²) < 4.78 is 14.9. The van der Waals surface area contributed by atoms with Gasteiger partial charge in [-0.15, -0.1) is 0 Å². The molecular weight excluding hydrogens is 687 g/mol. The van der Waals surface area contributed by atoms with Crippen LogP contribution >= 0.6 is 0 Å². The molecular formula is C32H39FN18O2. The van der Waals surface area contributed by atoms with Gasteiger partial charge < -0.3 is 33.6 Å². The number of carbonyl (C=O) groups is 2. The number of hydrogen-bond acceptors (Lipinski definition) is 10. The molecule has 3 aromatic carbocycles. The molecule has 3 aromatic rings. The van der Waals surface area contributed by atoms with Crippen LogP contribution in [0.5, 0.6) is 0 Å². The lowest BCUT2D eigenvalue weighted by molar-refractivity contribution is 0.102. The molecule has 0 heterocycles. The molecule has 0 aliphatic carbocycles. The molecule has 0 fully saturated rings. The van der Waals surface area contributed by atoms with Gasteiger partial charge in [0.1, 0.15) is 5.82 Å². The van der Waals surface area contributed by atoms with Gasteiger partial charge in [-0.2, -0.15) is 20.4 Å². The summed E-state index contributed by atoms with van der Waals surface area (Å²) in [6.45, 7) is 6.52. The third-order valence-electron chi connectivity index (χ3n) is 6.85. The number of hydrazone groups is 4. The van der Waals surface area contributed by atoms with Crippen molar-refractivity contribution in [3.05, 3.63) is 93.8 Å². The van der Waals surface area contributed by atoms with E-state index in [0.29, 0.717) is 45.1 Å². The van der Waals surface area contributed by atoms with Gasteiger partial charge in [0.25, 0.3) is 11.8 Å². The van der Waals surface area contributed by atoms with Gasteiger partial charge in [-0.25, -0.2) is 26.1 Å². The second kappa shape index (κ2) is 17.8. The lowest BCUT2D eigenvalue weighted by Crippen LogP contribution is -2.27. The van der Waals surface area contributed by atoms with Crippen molar-refractivity contribution < 1.29 is 14.0 Å². The number of benzene rings is 3. The number of anilines is 2. The third kappa shape index (κ3) is 12.3. The molecule has 0 aromatic heterocycles. The zero-order chi connectivity index (χ0) is 39.4. The Kier molecular flexibility index (Phi) is 13.3. The van der Waals surface area contributed by atoms with Crippen LogP contribution in [0.15, 0.2) is 75.0 Å². The molecule has 20 nitrogen and oxygen atoms in total. The van der Waals surface area contributed by atoms with Crippen LogP contribution in [0.4, 0.5) is 15.8 Å². The van der Waals surface area contributed by atoms with Gasteiger partial charge in [-0.1, -0.05) is 0 Å². The van der Waals surface area contributed by atoms with Crippen molar-refractivity contribution in [2.24, 2.45) is 43.3 Å². The second-order valence-electron chi connectivity index (χ2n) is 11.1. The molecule has 0 spiro atoms. The summed E-state index contributed by atoms with van der Waals surface area (Å²) in [5.41, 5.74) is 34.4. The highest BCUT2D eigenvalue weighted by Crippen LogP contribution is 2.21. The average Bonchev–Trinajstić information content (AvgIpc) is 3.09. The maximum Gasteiger partial charge on any atom is 0.255 e. The minimum atomic E-state index is -0.861. The number of halogens is 1. The van der Waals surface area contributed by atoms with Gasteiger partial charge in [0, 0.05) is 44.8 Å². The summed E-state index contributed by atoms with van der Waals surface area (Å²) in [6.07, 6.45) is 0. The number of amides is 2. The summed E-state index contributed by atoms with van der Waals surface area (Å²) in [7, 11) is 0. The van der Waals surface area contributed by atoms with E-state index in [9.17, 15) is 14.0 Å². The number of guanidine groups is 4. The fourth-order valence-electron chi connectivity index (χ4n) is 4.33. The molecule has 0 radical (unpaired) electrons. The van der Waals surface area contributed by atoms with Gasteiger partial charge in [-0.3, -0.25) is 31.2 Å². The highest BCUT2D eigenvalue weighted by molar-refractivity contribution is 6.12. The molecule has 0 atom stereocenters. The first-order valence-electron chi connectivity index (χ1n) is 15.2. The quantitative estimate of drug-likeness (QED) is 0.0717. The maximum atomic E-state index is 14.9. The predicted molar refractivity (Wildman–Crippen MR) is 204 cm³/mol. The van der Waals surface area contributed by atoms with E-state index in [1.54, 1.807) is 64.1 Å². The van der Waals surface area contributed by atoms with Crippen molar-refractivity contribution in [1.29, 1.82) is 21.6 Å². The van der Waals surface area contributed by atoms with E-state index in [1.165, 1.54) is 6.07 Å². The molecule has 53 heavy (non-hydrogen) atoms. The molecule has 0 saturated carbocycles. The van der Waals surface area contributed by atoms with E-state index in [-0.39, 0.29) is 22.5 Å². The topological polar surface area (TPSA) is 355 Å². The minimum Gasteiger partial charge on any atom is -0.369 e. The van der Waals surface area contributed by atoms with Crippen LogP contribution in [0.2, 0.25) is 0 Å². The summed E-state index contributed by atoms with van der Waals surface area (Å²) in [5.74, 6) is -3.95. The van der Waals surface area contributed by atoms with Gasteiger partial charge in [0.2, 0.25) is 23.8 Å². The normalized spacial score (nSPS) is 11.9. The van der Waals surface area contributed by atoms with Gasteiger partial charge >= 0.3 is 0 Å². The zero-order valence-electron chi connectivity index (χ0n) is 29.0. The fourth-order valence-corrected chi connectivity index (χ4v) is 4.33. The molecule has 0 aliphatic heterocycles. The van der Waals surface area contributed by atoms with E-state index >= 15 is 0 Å². The van der Waals surface area contributed by atoms with Crippen LogP contribution in [-0.2, 0) is 0 Å². The SMILES string of the molecule is C/C(=N/NC(=N)N)c1cc(NC(=O)c2cc(F)cc(C(=O)Nc3cc(/C(C)=N\NC(=N)N)cc(/C(C)=N/NC(=N)N)c3)c2)cc(/C(C)=N\NC(=N)N)c1. The molecule has 18 N–H and O–H groups in total. The first-order chi connectivity index (χ1) is 24.9. The Bertz CT molecular complexity index is 1860. The lowest BCUT2D eigenvalue weighted by Gasteiger charge is -2.13. The molecule has 2 amide bonds. The minimum absolute atomic E-state index is 0.180. The number of nitrogens with zero attached hydrogens (tertiary/aromatic N) is 4. The molecule has 21 heteroatoms. The number of hydrogen-bond donors (Lipinski definition) is 14. The van der Waals surface area contributed by atoms with Crippen molar-refractivity contribution in [1.82, 2.24) is 21.7 Å². The average molecular weight is 727 g/mol. The van der Waals surface area contributed by atoms with E-state index in [0.717, 1.165) is 12.1 Å². The smallest absolute Gasteiger partial charge is 0.255 e. The highest BCUT2D eigenvalue weighted by atomic mass is 19.1. The van der Waals surface area contributed by atoms with E-state index in [1.807, 2.05) is 0 Å². The Morgan fingerprint density at radius 1 is 0.472 bits per heavy atom. The molecule has 0 bridgehead atoms. The Hall–Kier alpha value is -7.71. The summed E-state index contributed by atoms with van der Waals surface area (Å²) in [6, 6.07) is 12.8. The number of rotatable bonds is 12. The maximum absolute atomic E-state index is 14.9. The Labute approximate surface area is 302 Å². The largest absolute Gasteiger partial charge is 0.369 e. The van der Waals surface area contributed by atoms with Crippen LogP contribution < -0.4 is 55.3 Å². The van der Waals surface area contributed by atoms with Crippen molar-refractivity contribution >= 4 is 69.9 Å². The Morgan fingerprint density at radius 2 is 0.717 bits per heavy atom. The first-order valence-corrected chi connectivity index (χ1v) is 15.2. The number of carbonyl (C=O) groups excluding carboxylic acids is 2. The molecule has 276 valence electrons. The summed E-state index contributed by atoms with van der Waals surface area (Å²) in [4.78, 5) is 27.0. The predicted octanol–water partition coefficient (Wildman–Crippen LogP) is 1.16. The highest BCUT2D eigenvalue weighted by Gasteiger charge is 2.17. The van der Waals surface area contributed by atoms with Crippen LogP contribution in [0, 0.1) is 27.5 Å². The number of nitrogens with one attached hydrogen (secondary N) is 10. The first kappa shape index (κ1) is 39.7. The van der Waals surface area contributed by atoms with Crippen molar-refractivity contribution in [3.63, 3.8) is 0 Å². The Morgan fingerprint density at radius 3 is 0.962 bits per heavy atom. The van der Waals surface area contributed by atoms with E-state index in [4.69, 9.17) is 44.6 Å². The molecule has 0 unspecified atom stereocenters. The fraction of sp³-hybridized carbons (Fsp3) is 0.125. The van der Waals surface area contributed by atoms with Gasteiger partial charge in [0.15, 0.2) is 0 Å². The standard InChI is InChI=1S/C32H39FN18O2/c1-14(44-48-29(34)35)18-5-19(15(2)45-49-30(36)37)11-25(10-18)42-27(52)22-7-23(9-24(33)8-22)28(53)43-26-12-20(16(3)46-50-31(38)39)6-21(13-26)17(4)47-51-32(40)41/h5-13H,1-4H3,(H,42,52)(H,43,53)(H4,34,35,48)(H4,36,37,49)(H4,38,39,50)(H4,40,41,51)/b44-14-,45-15-,46-16-,47-17+. The van der Waals surface area contributed by atoms with Crippen LogP contribution in [-0.4, -0.2) is 58.5 Å². The van der Waals surface area contributed by atoms with E-state index in [2.05, 4.69) is 52.7 Å². The van der Waals surface area contributed by atoms with Gasteiger partial charge in [0.05, 0.1) is 22.8 Å². The van der Waals surface area contributed by atoms with Crippen molar-refractivity contribution in [3.8, 4) is 0 Å². The summed E-state index contributed by atoms with van der Waals surface area (Å²) >= 11 is 0. The molecule has 3 rings (SSSR count). The second-order valence-corrected chi connectivity index (χ2v) is 11.1.